The molecule has 0 unspecified atom stereocenters. The number of aromatic nitrogens is 2. The highest BCUT2D eigenvalue weighted by molar-refractivity contribution is 5.88. The minimum Gasteiger partial charge on any atom is -0.382 e. The summed E-state index contributed by atoms with van der Waals surface area (Å²) in [6.45, 7) is 5.43. The molecule has 0 spiro atoms. The van der Waals surface area contributed by atoms with E-state index < -0.39 is 0 Å². The summed E-state index contributed by atoms with van der Waals surface area (Å²) in [4.78, 5) is 0. The lowest BCUT2D eigenvalue weighted by Crippen LogP contribution is -2.11. The maximum atomic E-state index is 5.84. The molecule has 0 bridgehead atoms. The Labute approximate surface area is 95.0 Å². The second-order valence-electron chi connectivity index (χ2n) is 4.05. The zero-order chi connectivity index (χ0) is 11.5. The molecule has 2 aromatic rings. The van der Waals surface area contributed by atoms with Crippen molar-refractivity contribution in [1.29, 1.82) is 0 Å². The predicted molar refractivity (Wildman–Crippen MR) is 65.2 cm³/mol. The molecular weight excluding hydrogens is 202 g/mol. The van der Waals surface area contributed by atoms with E-state index in [1.54, 1.807) is 0 Å². The molecule has 0 saturated carbocycles. The molecule has 0 saturated heterocycles. The predicted octanol–water partition coefficient (Wildman–Crippen LogP) is 2.04. The van der Waals surface area contributed by atoms with Crippen molar-refractivity contribution < 1.29 is 4.74 Å². The summed E-state index contributed by atoms with van der Waals surface area (Å²) in [5.41, 5.74) is 6.90. The fraction of sp³-hybridized carbons (Fsp3) is 0.417. The van der Waals surface area contributed by atoms with E-state index in [1.807, 2.05) is 42.8 Å². The Morgan fingerprint density at radius 3 is 2.88 bits per heavy atom. The number of para-hydroxylation sites is 1. The summed E-state index contributed by atoms with van der Waals surface area (Å²) in [5.74, 6) is 0.583. The van der Waals surface area contributed by atoms with Gasteiger partial charge in [0.25, 0.3) is 0 Å². The summed E-state index contributed by atoms with van der Waals surface area (Å²) >= 11 is 0. The van der Waals surface area contributed by atoms with Crippen LogP contribution in [-0.4, -0.2) is 22.5 Å². The van der Waals surface area contributed by atoms with Crippen LogP contribution in [0.1, 0.15) is 13.8 Å². The topological polar surface area (TPSA) is 53.1 Å². The Bertz CT molecular complexity index is 476. The van der Waals surface area contributed by atoms with Gasteiger partial charge in [-0.2, -0.15) is 5.10 Å². The first-order valence-corrected chi connectivity index (χ1v) is 5.51. The Kier molecular flexibility index (Phi) is 3.10. The summed E-state index contributed by atoms with van der Waals surface area (Å²) in [7, 11) is 0. The lowest BCUT2D eigenvalue weighted by atomic mass is 10.2. The van der Waals surface area contributed by atoms with Gasteiger partial charge in [0, 0.05) is 5.39 Å². The van der Waals surface area contributed by atoms with Gasteiger partial charge in [-0.15, -0.1) is 0 Å². The van der Waals surface area contributed by atoms with Crippen molar-refractivity contribution in [3.63, 3.8) is 0 Å². The minimum atomic E-state index is 0.249. The molecule has 0 fully saturated rings. The Morgan fingerprint density at radius 2 is 2.12 bits per heavy atom. The number of fused-ring (bicyclic) bond motifs is 1. The molecule has 86 valence electrons. The molecule has 0 atom stereocenters. The number of ether oxygens (including phenoxy) is 1. The molecule has 4 heteroatoms. The van der Waals surface area contributed by atoms with Crippen LogP contribution < -0.4 is 5.73 Å². The van der Waals surface area contributed by atoms with Crippen LogP contribution in [0.25, 0.3) is 10.9 Å². The minimum absolute atomic E-state index is 0.249. The first-order chi connectivity index (χ1) is 7.68. The van der Waals surface area contributed by atoms with Crippen LogP contribution in [0.2, 0.25) is 0 Å². The van der Waals surface area contributed by atoms with Crippen molar-refractivity contribution in [1.82, 2.24) is 9.78 Å². The zero-order valence-corrected chi connectivity index (χ0v) is 9.68. The third-order valence-corrected chi connectivity index (χ3v) is 2.44. The lowest BCUT2D eigenvalue weighted by molar-refractivity contribution is 0.0717. The first-order valence-electron chi connectivity index (χ1n) is 5.51. The standard InChI is InChI=1S/C12H17N3O/c1-9(2)16-8-7-15-11-6-4-3-5-10(11)12(13)14-15/h3-6,9H,7-8H2,1-2H3,(H2,13,14). The normalized spacial score (nSPS) is 11.4. The number of hydrogen-bond donors (Lipinski definition) is 1. The number of benzene rings is 1. The Morgan fingerprint density at radius 1 is 1.38 bits per heavy atom. The molecular formula is C12H17N3O. The number of nitrogen functional groups attached to an aromatic ring is 1. The highest BCUT2D eigenvalue weighted by Crippen LogP contribution is 2.19. The van der Waals surface area contributed by atoms with Crippen molar-refractivity contribution >= 4 is 16.7 Å². The molecule has 0 aliphatic heterocycles. The monoisotopic (exact) mass is 219 g/mol. The summed E-state index contributed by atoms with van der Waals surface area (Å²) in [5, 5.41) is 5.31. The molecule has 0 aliphatic carbocycles. The van der Waals surface area contributed by atoms with Crippen LogP contribution in [0, 0.1) is 0 Å². The molecule has 0 amide bonds. The Balaban J connectivity index is 2.18. The van der Waals surface area contributed by atoms with Gasteiger partial charge in [0.2, 0.25) is 0 Å². The van der Waals surface area contributed by atoms with Gasteiger partial charge in [0.1, 0.15) is 0 Å². The van der Waals surface area contributed by atoms with E-state index in [9.17, 15) is 0 Å². The summed E-state index contributed by atoms with van der Waals surface area (Å²) in [6.07, 6.45) is 0.249. The number of nitrogens with two attached hydrogens (primary N) is 1. The molecule has 1 aromatic carbocycles. The fourth-order valence-electron chi connectivity index (χ4n) is 1.70. The van der Waals surface area contributed by atoms with Crippen LogP contribution in [-0.2, 0) is 11.3 Å². The molecule has 0 aliphatic rings. The largest absolute Gasteiger partial charge is 0.382 e. The molecule has 0 radical (unpaired) electrons. The van der Waals surface area contributed by atoms with Gasteiger partial charge in [-0.1, -0.05) is 12.1 Å². The zero-order valence-electron chi connectivity index (χ0n) is 9.68. The molecule has 2 rings (SSSR count). The average Bonchev–Trinajstić information content (AvgIpc) is 2.57. The maximum absolute atomic E-state index is 5.84. The van der Waals surface area contributed by atoms with Crippen molar-refractivity contribution in [3.05, 3.63) is 24.3 Å². The van der Waals surface area contributed by atoms with E-state index in [4.69, 9.17) is 10.5 Å². The van der Waals surface area contributed by atoms with Crippen LogP contribution in [0.3, 0.4) is 0 Å². The van der Waals surface area contributed by atoms with Crippen molar-refractivity contribution in [2.24, 2.45) is 0 Å². The highest BCUT2D eigenvalue weighted by Gasteiger charge is 2.06. The van der Waals surface area contributed by atoms with E-state index in [2.05, 4.69) is 5.10 Å². The highest BCUT2D eigenvalue weighted by atomic mass is 16.5. The van der Waals surface area contributed by atoms with Crippen molar-refractivity contribution in [2.45, 2.75) is 26.5 Å². The van der Waals surface area contributed by atoms with Gasteiger partial charge in [-0.3, -0.25) is 4.68 Å². The average molecular weight is 219 g/mol. The number of nitrogens with zero attached hydrogens (tertiary/aromatic N) is 2. The smallest absolute Gasteiger partial charge is 0.153 e. The van der Waals surface area contributed by atoms with Crippen LogP contribution in [0.15, 0.2) is 24.3 Å². The van der Waals surface area contributed by atoms with E-state index in [0.717, 1.165) is 17.4 Å². The van der Waals surface area contributed by atoms with Gasteiger partial charge in [-0.05, 0) is 26.0 Å². The molecule has 1 heterocycles. The molecule has 2 N–H and O–H groups in total. The third kappa shape index (κ3) is 2.17. The second kappa shape index (κ2) is 4.53. The number of hydrogen-bond acceptors (Lipinski definition) is 3. The van der Waals surface area contributed by atoms with Crippen molar-refractivity contribution in [2.75, 3.05) is 12.3 Å². The summed E-state index contributed by atoms with van der Waals surface area (Å²) < 4.78 is 7.40. The van der Waals surface area contributed by atoms with Gasteiger partial charge >= 0.3 is 0 Å². The SMILES string of the molecule is CC(C)OCCn1nc(N)c2ccccc21. The van der Waals surface area contributed by atoms with Gasteiger partial charge < -0.3 is 10.5 Å². The van der Waals surface area contributed by atoms with E-state index in [0.29, 0.717) is 12.4 Å². The number of rotatable bonds is 4. The quantitative estimate of drug-likeness (QED) is 0.856. The fourth-order valence-corrected chi connectivity index (χ4v) is 1.70. The van der Waals surface area contributed by atoms with E-state index >= 15 is 0 Å². The second-order valence-corrected chi connectivity index (χ2v) is 4.05. The lowest BCUT2D eigenvalue weighted by Gasteiger charge is -2.07. The maximum Gasteiger partial charge on any atom is 0.153 e. The number of anilines is 1. The Hall–Kier alpha value is -1.55. The molecule has 16 heavy (non-hydrogen) atoms. The van der Waals surface area contributed by atoms with Crippen LogP contribution >= 0.6 is 0 Å². The van der Waals surface area contributed by atoms with Gasteiger partial charge in [0.05, 0.1) is 24.8 Å². The van der Waals surface area contributed by atoms with Crippen LogP contribution in [0.5, 0.6) is 0 Å². The summed E-state index contributed by atoms with van der Waals surface area (Å²) in [6, 6.07) is 7.96. The molecule has 1 aromatic heterocycles. The first kappa shape index (κ1) is 11.0. The van der Waals surface area contributed by atoms with Gasteiger partial charge in [0.15, 0.2) is 5.82 Å². The third-order valence-electron chi connectivity index (χ3n) is 2.44. The van der Waals surface area contributed by atoms with Crippen molar-refractivity contribution in [3.8, 4) is 0 Å². The molecule has 4 nitrogen and oxygen atoms in total. The van der Waals surface area contributed by atoms with Gasteiger partial charge in [-0.25, -0.2) is 0 Å². The van der Waals surface area contributed by atoms with E-state index in [1.165, 1.54) is 0 Å². The van der Waals surface area contributed by atoms with Crippen LogP contribution in [0.4, 0.5) is 5.82 Å². The van der Waals surface area contributed by atoms with E-state index in [-0.39, 0.29) is 6.10 Å².